The lowest BCUT2D eigenvalue weighted by Crippen LogP contribution is -3.12. The minimum Gasteiger partial charge on any atom is -0.453 e. The Morgan fingerprint density at radius 1 is 1.59 bits per heavy atom. The molecule has 1 unspecified atom stereocenters. The molecule has 17 heavy (non-hydrogen) atoms. The molecule has 94 valence electrons. The van der Waals surface area contributed by atoms with Crippen LogP contribution >= 0.6 is 11.3 Å². The number of imide groups is 1. The number of hydrogen-bond acceptors (Lipinski definition) is 4. The Morgan fingerprint density at radius 3 is 2.82 bits per heavy atom. The van der Waals surface area contributed by atoms with Gasteiger partial charge in [0, 0.05) is 0 Å². The van der Waals surface area contributed by atoms with Crippen LogP contribution in [0.4, 0.5) is 4.79 Å². The first-order chi connectivity index (χ1) is 8.04. The number of nitrogens with one attached hydrogen (secondary N) is 2. The van der Waals surface area contributed by atoms with Gasteiger partial charge in [-0.1, -0.05) is 6.07 Å². The summed E-state index contributed by atoms with van der Waals surface area (Å²) in [7, 11) is 3.15. The van der Waals surface area contributed by atoms with Crippen molar-refractivity contribution in [2.24, 2.45) is 0 Å². The second kappa shape index (κ2) is 6.36. The molecule has 2 amide bonds. The summed E-state index contributed by atoms with van der Waals surface area (Å²) in [5.41, 5.74) is 0. The summed E-state index contributed by atoms with van der Waals surface area (Å²) >= 11 is 1.65. The van der Waals surface area contributed by atoms with E-state index in [2.05, 4.69) is 10.1 Å². The highest BCUT2D eigenvalue weighted by molar-refractivity contribution is 7.09. The molecule has 0 aliphatic carbocycles. The van der Waals surface area contributed by atoms with Crippen LogP contribution in [0.3, 0.4) is 0 Å². The van der Waals surface area contributed by atoms with Crippen molar-refractivity contribution in [2.45, 2.75) is 19.5 Å². The number of quaternary nitrogens is 1. The maximum absolute atomic E-state index is 11.7. The molecule has 1 rings (SSSR count). The quantitative estimate of drug-likeness (QED) is 0.800. The van der Waals surface area contributed by atoms with Crippen LogP contribution in [0.25, 0.3) is 0 Å². The molecule has 1 aromatic heterocycles. The second-order valence-electron chi connectivity index (χ2n) is 3.81. The second-order valence-corrected chi connectivity index (χ2v) is 4.84. The van der Waals surface area contributed by atoms with Crippen LogP contribution in [0.15, 0.2) is 17.5 Å². The molecule has 0 spiro atoms. The molecular weight excluding hydrogens is 240 g/mol. The molecule has 0 aliphatic heterocycles. The molecule has 0 radical (unpaired) electrons. The fourth-order valence-corrected chi connectivity index (χ4v) is 2.12. The van der Waals surface area contributed by atoms with Crippen LogP contribution in [0, 0.1) is 0 Å². The predicted molar refractivity (Wildman–Crippen MR) is 64.9 cm³/mol. The van der Waals surface area contributed by atoms with E-state index in [1.165, 1.54) is 12.0 Å². The molecule has 0 aliphatic rings. The molecule has 2 N–H and O–H groups in total. The van der Waals surface area contributed by atoms with Crippen molar-refractivity contribution in [1.29, 1.82) is 0 Å². The van der Waals surface area contributed by atoms with E-state index >= 15 is 0 Å². The topological polar surface area (TPSA) is 59.8 Å². The van der Waals surface area contributed by atoms with Gasteiger partial charge in [0.05, 0.1) is 19.0 Å². The Kier molecular flexibility index (Phi) is 5.11. The van der Waals surface area contributed by atoms with Crippen molar-refractivity contribution in [3.05, 3.63) is 22.4 Å². The fraction of sp³-hybridized carbons (Fsp3) is 0.455. The fourth-order valence-electron chi connectivity index (χ4n) is 1.32. The smallest absolute Gasteiger partial charge is 0.413 e. The Hall–Kier alpha value is -1.40. The van der Waals surface area contributed by atoms with Crippen molar-refractivity contribution in [2.75, 3.05) is 14.2 Å². The zero-order chi connectivity index (χ0) is 12.8. The van der Waals surface area contributed by atoms with E-state index in [-0.39, 0.29) is 11.9 Å². The van der Waals surface area contributed by atoms with Gasteiger partial charge in [0.2, 0.25) is 0 Å². The number of alkyl carbamates (subject to hydrolysis) is 1. The lowest BCUT2D eigenvalue weighted by molar-refractivity contribution is -0.907. The lowest BCUT2D eigenvalue weighted by Gasteiger charge is -2.19. The Balaban J connectivity index is 2.48. The van der Waals surface area contributed by atoms with Gasteiger partial charge in [-0.05, 0) is 18.4 Å². The Bertz CT molecular complexity index is 378. The molecule has 1 heterocycles. The molecule has 1 aromatic rings. The third kappa shape index (κ3) is 4.16. The lowest BCUT2D eigenvalue weighted by atomic mass is 10.2. The number of likely N-dealkylation sites (N-methyl/N-ethyl adjacent to an activating group) is 1. The van der Waals surface area contributed by atoms with Gasteiger partial charge in [0.15, 0.2) is 6.04 Å². The number of thiophene rings is 1. The number of amides is 2. The number of methoxy groups -OCH3 is 1. The summed E-state index contributed by atoms with van der Waals surface area (Å²) in [5, 5.41) is 4.17. The number of carbonyl (C=O) groups excluding carboxylic acids is 2. The van der Waals surface area contributed by atoms with E-state index in [4.69, 9.17) is 0 Å². The van der Waals surface area contributed by atoms with Crippen LogP contribution in [0.5, 0.6) is 0 Å². The highest BCUT2D eigenvalue weighted by Crippen LogP contribution is 2.05. The summed E-state index contributed by atoms with van der Waals surface area (Å²) in [6.45, 7) is 2.54. The zero-order valence-corrected chi connectivity index (χ0v) is 11.0. The van der Waals surface area contributed by atoms with Crippen molar-refractivity contribution in [3.63, 3.8) is 0 Å². The number of ether oxygens (including phenoxy) is 1. The van der Waals surface area contributed by atoms with Gasteiger partial charge >= 0.3 is 6.09 Å². The monoisotopic (exact) mass is 257 g/mol. The maximum Gasteiger partial charge on any atom is 0.413 e. The average molecular weight is 257 g/mol. The minimum absolute atomic E-state index is 0.309. The first-order valence-electron chi connectivity index (χ1n) is 5.28. The van der Waals surface area contributed by atoms with Crippen LogP contribution in [-0.4, -0.2) is 32.2 Å². The summed E-state index contributed by atoms with van der Waals surface area (Å²) in [5.74, 6) is -0.328. The normalized spacial score (nSPS) is 13.8. The summed E-state index contributed by atoms with van der Waals surface area (Å²) < 4.78 is 4.38. The van der Waals surface area contributed by atoms with Gasteiger partial charge in [-0.2, -0.15) is 0 Å². The van der Waals surface area contributed by atoms with Gasteiger partial charge < -0.3 is 9.64 Å². The van der Waals surface area contributed by atoms with Gasteiger partial charge in [-0.15, -0.1) is 11.3 Å². The molecule has 0 saturated carbocycles. The van der Waals surface area contributed by atoms with E-state index in [9.17, 15) is 9.59 Å². The predicted octanol–water partition coefficient (Wildman–Crippen LogP) is 0.0339. The third-order valence-electron chi connectivity index (χ3n) is 2.58. The van der Waals surface area contributed by atoms with E-state index < -0.39 is 6.09 Å². The average Bonchev–Trinajstić information content (AvgIpc) is 2.80. The zero-order valence-electron chi connectivity index (χ0n) is 10.1. The summed E-state index contributed by atoms with van der Waals surface area (Å²) in [6.07, 6.45) is -0.717. The van der Waals surface area contributed by atoms with Crippen molar-refractivity contribution in [1.82, 2.24) is 5.32 Å². The first-order valence-corrected chi connectivity index (χ1v) is 6.16. The molecule has 6 heteroatoms. The van der Waals surface area contributed by atoms with Gasteiger partial charge in [0.25, 0.3) is 5.91 Å². The number of carbonyl (C=O) groups is 2. The van der Waals surface area contributed by atoms with Gasteiger partial charge in [-0.25, -0.2) is 4.79 Å². The molecule has 0 aromatic carbocycles. The standard InChI is InChI=1S/C11H16N2O3S/c1-8(10(14)12-11(15)16-3)13(2)7-9-5-4-6-17-9/h4-6,8H,7H2,1-3H3,(H,12,14,15)/p+1/t8-/m0/s1. The van der Waals surface area contributed by atoms with Crippen LogP contribution in [0.1, 0.15) is 11.8 Å². The molecular formula is C11H17N2O3S+. The molecule has 0 saturated heterocycles. The number of hydrogen-bond donors (Lipinski definition) is 2. The van der Waals surface area contributed by atoms with Gasteiger partial charge in [-0.3, -0.25) is 10.1 Å². The highest BCUT2D eigenvalue weighted by atomic mass is 32.1. The molecule has 2 atom stereocenters. The SMILES string of the molecule is COC(=O)NC(=O)[C@H](C)[NH+](C)Cc1cccs1. The highest BCUT2D eigenvalue weighted by Gasteiger charge is 2.23. The van der Waals surface area contributed by atoms with E-state index in [1.807, 2.05) is 24.6 Å². The van der Waals surface area contributed by atoms with Crippen LogP contribution in [-0.2, 0) is 16.1 Å². The maximum atomic E-state index is 11.7. The minimum atomic E-state index is -0.717. The summed E-state index contributed by atoms with van der Waals surface area (Å²) in [4.78, 5) is 24.8. The van der Waals surface area contributed by atoms with Crippen molar-refractivity contribution in [3.8, 4) is 0 Å². The molecule has 5 nitrogen and oxygen atoms in total. The number of rotatable bonds is 4. The van der Waals surface area contributed by atoms with E-state index in [0.717, 1.165) is 11.4 Å². The Morgan fingerprint density at radius 2 is 2.29 bits per heavy atom. The molecule has 0 fully saturated rings. The van der Waals surface area contributed by atoms with Crippen molar-refractivity contribution >= 4 is 23.3 Å². The van der Waals surface area contributed by atoms with E-state index in [1.54, 1.807) is 18.3 Å². The Labute approximate surface area is 104 Å². The van der Waals surface area contributed by atoms with Crippen molar-refractivity contribution < 1.29 is 19.2 Å². The van der Waals surface area contributed by atoms with Crippen LogP contribution in [0.2, 0.25) is 0 Å². The van der Waals surface area contributed by atoms with Crippen LogP contribution < -0.4 is 10.2 Å². The largest absolute Gasteiger partial charge is 0.453 e. The molecule has 0 bridgehead atoms. The van der Waals surface area contributed by atoms with Gasteiger partial charge in [0.1, 0.15) is 6.54 Å². The summed E-state index contributed by atoms with van der Waals surface area (Å²) in [6, 6.07) is 3.70. The first kappa shape index (κ1) is 13.7. The van der Waals surface area contributed by atoms with E-state index in [0.29, 0.717) is 0 Å². The third-order valence-corrected chi connectivity index (χ3v) is 3.45.